The zero-order valence-corrected chi connectivity index (χ0v) is 21.4. The lowest BCUT2D eigenvalue weighted by atomic mass is 9.92. The van der Waals surface area contributed by atoms with Gasteiger partial charge in [0.25, 0.3) is 0 Å². The molecule has 1 amide bonds. The summed E-state index contributed by atoms with van der Waals surface area (Å²) in [6.07, 6.45) is 2.33. The zero-order valence-electron chi connectivity index (χ0n) is 20.6. The van der Waals surface area contributed by atoms with Gasteiger partial charge in [0, 0.05) is 18.0 Å². The minimum atomic E-state index is -0.575. The number of nitrogens with zero attached hydrogens (tertiary/aromatic N) is 3. The number of benzene rings is 1. The predicted octanol–water partition coefficient (Wildman–Crippen LogP) is 3.94. The first-order valence-electron chi connectivity index (χ1n) is 11.4. The Labute approximate surface area is 214 Å². The molecule has 3 heterocycles. The Morgan fingerprint density at radius 2 is 1.86 bits per heavy atom. The maximum atomic E-state index is 13.1. The van der Waals surface area contributed by atoms with Gasteiger partial charge in [-0.15, -0.1) is 0 Å². The third kappa shape index (κ3) is 5.23. The first-order valence-corrected chi connectivity index (χ1v) is 12.3. The number of amidine groups is 1. The fourth-order valence-corrected chi connectivity index (χ4v) is 5.07. The summed E-state index contributed by atoms with van der Waals surface area (Å²) in [5.74, 6) is 0.528. The minimum absolute atomic E-state index is 0.104. The number of nitrogens with one attached hydrogen (secondary N) is 1. The second-order valence-corrected chi connectivity index (χ2v) is 8.86. The van der Waals surface area contributed by atoms with Crippen LogP contribution < -0.4 is 14.8 Å². The molecular weight excluding hydrogens is 480 g/mol. The fourth-order valence-electron chi connectivity index (χ4n) is 4.13. The summed E-state index contributed by atoms with van der Waals surface area (Å²) >= 11 is 1.42. The van der Waals surface area contributed by atoms with Crippen LogP contribution in [0.5, 0.6) is 11.5 Å². The summed E-state index contributed by atoms with van der Waals surface area (Å²) in [5, 5.41) is 5.51. The normalized spacial score (nSPS) is 16.7. The van der Waals surface area contributed by atoms with E-state index in [2.05, 4.69) is 10.3 Å². The smallest absolute Gasteiger partial charge is 0.338 e. The molecule has 2 aliphatic heterocycles. The highest BCUT2D eigenvalue weighted by molar-refractivity contribution is 8.16. The van der Waals surface area contributed by atoms with Crippen LogP contribution in [0.3, 0.4) is 0 Å². The zero-order chi connectivity index (χ0) is 25.7. The third-order valence-corrected chi connectivity index (χ3v) is 6.74. The molecule has 9 nitrogen and oxygen atoms in total. The first-order chi connectivity index (χ1) is 17.5. The van der Waals surface area contributed by atoms with E-state index in [0.717, 1.165) is 17.0 Å². The third-order valence-electron chi connectivity index (χ3n) is 5.85. The van der Waals surface area contributed by atoms with Crippen molar-refractivity contribution in [3.63, 3.8) is 0 Å². The van der Waals surface area contributed by atoms with Crippen LogP contribution in [-0.4, -0.2) is 48.3 Å². The number of allylic oxidation sites excluding steroid dienone is 1. The van der Waals surface area contributed by atoms with Crippen molar-refractivity contribution in [3.05, 3.63) is 76.2 Å². The average molecular weight is 509 g/mol. The number of esters is 1. The average Bonchev–Trinajstić information content (AvgIpc) is 3.32. The van der Waals surface area contributed by atoms with E-state index < -0.39 is 12.0 Å². The lowest BCUT2D eigenvalue weighted by Crippen LogP contribution is -2.38. The molecule has 188 valence electrons. The SMILES string of the molecule is CCC1=C(C(=O)OC)C(c2cc(OC)cc(OC)c2)N2C(CC(=O)NCc3ccccn3)=CSC2=N1. The number of carbonyl (C=O) groups excluding carboxylic acids is 2. The predicted molar refractivity (Wildman–Crippen MR) is 137 cm³/mol. The standard InChI is InChI=1S/C26H28N4O5S/c1-5-21-23(25(32)35-4)24(16-10-19(33-2)13-20(11-16)34-3)30-18(15-36-26(30)29-21)12-22(31)28-14-17-8-6-7-9-27-17/h6-11,13,15,24H,5,12,14H2,1-4H3,(H,28,31). The summed E-state index contributed by atoms with van der Waals surface area (Å²) in [6.45, 7) is 2.27. The topological polar surface area (TPSA) is 102 Å². The Balaban J connectivity index is 1.69. The molecule has 1 atom stereocenters. The number of carbonyl (C=O) groups is 2. The van der Waals surface area contributed by atoms with Crippen molar-refractivity contribution in [1.29, 1.82) is 0 Å². The van der Waals surface area contributed by atoms with Crippen LogP contribution >= 0.6 is 11.8 Å². The van der Waals surface area contributed by atoms with E-state index in [1.54, 1.807) is 26.5 Å². The van der Waals surface area contributed by atoms with Gasteiger partial charge < -0.3 is 24.4 Å². The van der Waals surface area contributed by atoms with Gasteiger partial charge in [0.05, 0.1) is 57.3 Å². The molecule has 2 aromatic rings. The molecule has 0 spiro atoms. The van der Waals surface area contributed by atoms with Gasteiger partial charge in [-0.25, -0.2) is 9.79 Å². The second kappa shape index (κ2) is 11.3. The van der Waals surface area contributed by atoms with Gasteiger partial charge in [0.2, 0.25) is 5.91 Å². The quantitative estimate of drug-likeness (QED) is 0.508. The van der Waals surface area contributed by atoms with Crippen LogP contribution in [0.4, 0.5) is 0 Å². The summed E-state index contributed by atoms with van der Waals surface area (Å²) in [4.78, 5) is 36.9. The minimum Gasteiger partial charge on any atom is -0.497 e. The van der Waals surface area contributed by atoms with Gasteiger partial charge >= 0.3 is 5.97 Å². The van der Waals surface area contributed by atoms with Crippen molar-refractivity contribution >= 4 is 28.8 Å². The molecule has 1 aromatic carbocycles. The van der Waals surface area contributed by atoms with E-state index in [0.29, 0.717) is 40.9 Å². The largest absolute Gasteiger partial charge is 0.497 e. The highest BCUT2D eigenvalue weighted by Gasteiger charge is 2.41. The van der Waals surface area contributed by atoms with E-state index in [4.69, 9.17) is 19.2 Å². The Morgan fingerprint density at radius 1 is 1.11 bits per heavy atom. The van der Waals surface area contributed by atoms with Crippen LogP contribution in [0.2, 0.25) is 0 Å². The van der Waals surface area contributed by atoms with Crippen molar-refractivity contribution < 1.29 is 23.8 Å². The van der Waals surface area contributed by atoms with E-state index in [1.165, 1.54) is 18.9 Å². The van der Waals surface area contributed by atoms with Gasteiger partial charge in [-0.3, -0.25) is 9.78 Å². The lowest BCUT2D eigenvalue weighted by molar-refractivity contribution is -0.136. The highest BCUT2D eigenvalue weighted by Crippen LogP contribution is 2.46. The molecule has 4 rings (SSSR count). The maximum Gasteiger partial charge on any atom is 0.338 e. The van der Waals surface area contributed by atoms with Crippen molar-refractivity contribution in [2.45, 2.75) is 32.4 Å². The van der Waals surface area contributed by atoms with Gasteiger partial charge in [-0.2, -0.15) is 0 Å². The molecule has 1 aromatic heterocycles. The lowest BCUT2D eigenvalue weighted by Gasteiger charge is -2.36. The Kier molecular flexibility index (Phi) is 7.94. The van der Waals surface area contributed by atoms with Crippen LogP contribution in [0, 0.1) is 0 Å². The maximum absolute atomic E-state index is 13.1. The Bertz CT molecular complexity index is 1220. The molecule has 0 saturated carbocycles. The van der Waals surface area contributed by atoms with Gasteiger partial charge in [0.1, 0.15) is 11.5 Å². The molecule has 0 aliphatic carbocycles. The molecule has 0 saturated heterocycles. The summed E-state index contributed by atoms with van der Waals surface area (Å²) in [6, 6.07) is 10.5. The Morgan fingerprint density at radius 3 is 2.47 bits per heavy atom. The molecule has 1 unspecified atom stereocenters. The highest BCUT2D eigenvalue weighted by atomic mass is 32.2. The number of pyridine rings is 1. The van der Waals surface area contributed by atoms with Gasteiger partial charge in [0.15, 0.2) is 5.17 Å². The number of aliphatic imine (C=N–C) groups is 1. The van der Waals surface area contributed by atoms with Crippen molar-refractivity contribution in [2.24, 2.45) is 4.99 Å². The number of methoxy groups -OCH3 is 3. The molecule has 1 N–H and O–H groups in total. The summed E-state index contributed by atoms with van der Waals surface area (Å²) in [5.41, 5.74) is 3.31. The number of ether oxygens (including phenoxy) is 3. The van der Waals surface area contributed by atoms with Crippen molar-refractivity contribution in [2.75, 3.05) is 21.3 Å². The molecule has 2 aliphatic rings. The van der Waals surface area contributed by atoms with E-state index in [1.807, 2.05) is 47.6 Å². The second-order valence-electron chi connectivity index (χ2n) is 8.02. The number of aromatic nitrogens is 1. The number of thioether (sulfide) groups is 1. The summed E-state index contributed by atoms with van der Waals surface area (Å²) < 4.78 is 16.1. The van der Waals surface area contributed by atoms with Crippen LogP contribution in [0.15, 0.2) is 70.0 Å². The number of amides is 1. The molecular formula is C26H28N4O5S. The number of hydrogen-bond acceptors (Lipinski definition) is 9. The molecule has 0 fully saturated rings. The van der Waals surface area contributed by atoms with Gasteiger partial charge in [-0.1, -0.05) is 24.8 Å². The Hall–Kier alpha value is -3.79. The van der Waals surface area contributed by atoms with E-state index in [9.17, 15) is 9.59 Å². The van der Waals surface area contributed by atoms with Crippen molar-refractivity contribution in [1.82, 2.24) is 15.2 Å². The van der Waals surface area contributed by atoms with Crippen LogP contribution in [0.25, 0.3) is 0 Å². The van der Waals surface area contributed by atoms with E-state index in [-0.39, 0.29) is 12.3 Å². The van der Waals surface area contributed by atoms with Gasteiger partial charge in [-0.05, 0) is 41.7 Å². The molecule has 10 heteroatoms. The number of rotatable bonds is 9. The molecule has 0 radical (unpaired) electrons. The number of fused-ring (bicyclic) bond motifs is 1. The molecule has 36 heavy (non-hydrogen) atoms. The summed E-state index contributed by atoms with van der Waals surface area (Å²) in [7, 11) is 4.50. The molecule has 0 bridgehead atoms. The van der Waals surface area contributed by atoms with Crippen LogP contribution in [-0.2, 0) is 20.9 Å². The number of hydrogen-bond donors (Lipinski definition) is 1. The van der Waals surface area contributed by atoms with Crippen molar-refractivity contribution in [3.8, 4) is 11.5 Å². The van der Waals surface area contributed by atoms with E-state index >= 15 is 0 Å². The first kappa shape index (κ1) is 25.3. The fraction of sp³-hybridized carbons (Fsp3) is 0.308. The monoisotopic (exact) mass is 508 g/mol. The van der Waals surface area contributed by atoms with Crippen LogP contribution in [0.1, 0.15) is 37.1 Å².